The van der Waals surface area contributed by atoms with Crippen LogP contribution in [0.4, 0.5) is 5.82 Å². The standard InChI is InChI=1S/C10H15N3O/c11-9-8(5-6-12-9)10(14)13-7-3-1-2-4-7/h5-7,12H,1-4,11H2,(H,13,14). The molecular weight excluding hydrogens is 178 g/mol. The van der Waals surface area contributed by atoms with E-state index in [1.54, 1.807) is 12.3 Å². The summed E-state index contributed by atoms with van der Waals surface area (Å²) in [4.78, 5) is 14.5. The molecule has 2 rings (SSSR count). The fourth-order valence-corrected chi connectivity index (χ4v) is 1.91. The lowest BCUT2D eigenvalue weighted by Gasteiger charge is -2.11. The van der Waals surface area contributed by atoms with Crippen molar-refractivity contribution in [1.82, 2.24) is 10.3 Å². The van der Waals surface area contributed by atoms with Gasteiger partial charge in [0.25, 0.3) is 5.91 Å². The first-order valence-corrected chi connectivity index (χ1v) is 5.01. The van der Waals surface area contributed by atoms with Crippen LogP contribution in [0.3, 0.4) is 0 Å². The maximum atomic E-state index is 11.7. The van der Waals surface area contributed by atoms with E-state index in [4.69, 9.17) is 5.73 Å². The van der Waals surface area contributed by atoms with E-state index in [1.807, 2.05) is 0 Å². The molecule has 1 saturated carbocycles. The van der Waals surface area contributed by atoms with Gasteiger partial charge in [0.05, 0.1) is 5.56 Å². The molecule has 1 aliphatic carbocycles. The maximum absolute atomic E-state index is 11.7. The van der Waals surface area contributed by atoms with Crippen LogP contribution in [0.15, 0.2) is 12.3 Å². The number of rotatable bonds is 2. The minimum absolute atomic E-state index is 0.0596. The molecule has 0 bridgehead atoms. The van der Waals surface area contributed by atoms with Gasteiger partial charge in [-0.25, -0.2) is 0 Å². The summed E-state index contributed by atoms with van der Waals surface area (Å²) in [6.07, 6.45) is 6.30. The van der Waals surface area contributed by atoms with E-state index in [0.29, 0.717) is 17.4 Å². The first-order chi connectivity index (χ1) is 6.77. The molecular formula is C10H15N3O. The fourth-order valence-electron chi connectivity index (χ4n) is 1.91. The third-order valence-corrected chi connectivity index (χ3v) is 2.71. The van der Waals surface area contributed by atoms with Gasteiger partial charge in [-0.3, -0.25) is 4.79 Å². The molecule has 1 aliphatic rings. The number of carbonyl (C=O) groups is 1. The van der Waals surface area contributed by atoms with Gasteiger partial charge in [-0.2, -0.15) is 0 Å². The Morgan fingerprint density at radius 3 is 2.79 bits per heavy atom. The second-order valence-corrected chi connectivity index (χ2v) is 3.76. The number of nitrogens with one attached hydrogen (secondary N) is 2. The van der Waals surface area contributed by atoms with E-state index in [0.717, 1.165) is 12.8 Å². The van der Waals surface area contributed by atoms with Crippen molar-refractivity contribution < 1.29 is 4.79 Å². The van der Waals surface area contributed by atoms with Crippen LogP contribution in [0.5, 0.6) is 0 Å². The van der Waals surface area contributed by atoms with Crippen molar-refractivity contribution in [2.24, 2.45) is 0 Å². The molecule has 76 valence electrons. The highest BCUT2D eigenvalue weighted by Crippen LogP contribution is 2.18. The molecule has 1 aromatic rings. The summed E-state index contributed by atoms with van der Waals surface area (Å²) < 4.78 is 0. The second kappa shape index (κ2) is 3.74. The Morgan fingerprint density at radius 1 is 1.50 bits per heavy atom. The van der Waals surface area contributed by atoms with Gasteiger partial charge in [0.2, 0.25) is 0 Å². The van der Waals surface area contributed by atoms with Crippen LogP contribution >= 0.6 is 0 Å². The van der Waals surface area contributed by atoms with Gasteiger partial charge in [0.1, 0.15) is 5.82 Å². The summed E-state index contributed by atoms with van der Waals surface area (Å²) in [7, 11) is 0. The fraction of sp³-hybridized carbons (Fsp3) is 0.500. The van der Waals surface area contributed by atoms with E-state index in [2.05, 4.69) is 10.3 Å². The van der Waals surface area contributed by atoms with Crippen LogP contribution in [-0.4, -0.2) is 16.9 Å². The van der Waals surface area contributed by atoms with Gasteiger partial charge in [-0.1, -0.05) is 12.8 Å². The average Bonchev–Trinajstić information content (AvgIpc) is 2.75. The topological polar surface area (TPSA) is 70.9 Å². The zero-order valence-electron chi connectivity index (χ0n) is 8.05. The van der Waals surface area contributed by atoms with Gasteiger partial charge in [0.15, 0.2) is 0 Å². The van der Waals surface area contributed by atoms with Crippen molar-refractivity contribution in [1.29, 1.82) is 0 Å². The third-order valence-electron chi connectivity index (χ3n) is 2.71. The van der Waals surface area contributed by atoms with E-state index in [9.17, 15) is 4.79 Å². The highest BCUT2D eigenvalue weighted by molar-refractivity contribution is 5.98. The number of aromatic nitrogens is 1. The normalized spacial score (nSPS) is 17.1. The van der Waals surface area contributed by atoms with E-state index in [-0.39, 0.29) is 5.91 Å². The highest BCUT2D eigenvalue weighted by Gasteiger charge is 2.19. The van der Waals surface area contributed by atoms with Gasteiger partial charge in [-0.05, 0) is 18.9 Å². The molecule has 1 heterocycles. The minimum Gasteiger partial charge on any atom is -0.385 e. The van der Waals surface area contributed by atoms with E-state index >= 15 is 0 Å². The van der Waals surface area contributed by atoms with Crippen LogP contribution < -0.4 is 11.1 Å². The lowest BCUT2D eigenvalue weighted by atomic mass is 10.2. The molecule has 0 aromatic carbocycles. The summed E-state index contributed by atoms with van der Waals surface area (Å²) >= 11 is 0. The molecule has 1 fully saturated rings. The van der Waals surface area contributed by atoms with Gasteiger partial charge < -0.3 is 16.0 Å². The van der Waals surface area contributed by atoms with Crippen LogP contribution in [0.25, 0.3) is 0 Å². The van der Waals surface area contributed by atoms with Crippen molar-refractivity contribution >= 4 is 11.7 Å². The van der Waals surface area contributed by atoms with Crippen molar-refractivity contribution in [2.75, 3.05) is 5.73 Å². The van der Waals surface area contributed by atoms with Crippen LogP contribution in [0, 0.1) is 0 Å². The summed E-state index contributed by atoms with van der Waals surface area (Å²) in [5.74, 6) is 0.385. The average molecular weight is 193 g/mol. The summed E-state index contributed by atoms with van der Waals surface area (Å²) in [6.45, 7) is 0. The van der Waals surface area contributed by atoms with Crippen LogP contribution in [0.2, 0.25) is 0 Å². The molecule has 4 heteroatoms. The molecule has 0 unspecified atom stereocenters. The summed E-state index contributed by atoms with van der Waals surface area (Å²) in [5.41, 5.74) is 6.15. The molecule has 0 atom stereocenters. The van der Waals surface area contributed by atoms with E-state index < -0.39 is 0 Å². The molecule has 4 nitrogen and oxygen atoms in total. The zero-order chi connectivity index (χ0) is 9.97. The largest absolute Gasteiger partial charge is 0.385 e. The van der Waals surface area contributed by atoms with Gasteiger partial charge in [-0.15, -0.1) is 0 Å². The Morgan fingerprint density at radius 2 is 2.21 bits per heavy atom. The smallest absolute Gasteiger partial charge is 0.255 e. The van der Waals surface area contributed by atoms with Crippen molar-refractivity contribution in [3.05, 3.63) is 17.8 Å². The molecule has 0 radical (unpaired) electrons. The Bertz CT molecular complexity index is 326. The molecule has 4 N–H and O–H groups in total. The first kappa shape index (κ1) is 9.12. The number of carbonyl (C=O) groups excluding carboxylic acids is 1. The number of amides is 1. The maximum Gasteiger partial charge on any atom is 0.255 e. The molecule has 0 saturated heterocycles. The quantitative estimate of drug-likeness (QED) is 0.662. The molecule has 1 amide bonds. The molecule has 0 spiro atoms. The molecule has 1 aromatic heterocycles. The van der Waals surface area contributed by atoms with Gasteiger partial charge in [0, 0.05) is 12.2 Å². The number of nitrogens with two attached hydrogens (primary N) is 1. The zero-order valence-corrected chi connectivity index (χ0v) is 8.05. The second-order valence-electron chi connectivity index (χ2n) is 3.76. The van der Waals surface area contributed by atoms with Crippen molar-refractivity contribution in [3.63, 3.8) is 0 Å². The number of anilines is 1. The van der Waals surface area contributed by atoms with Crippen molar-refractivity contribution in [2.45, 2.75) is 31.7 Å². The van der Waals surface area contributed by atoms with Crippen LogP contribution in [-0.2, 0) is 0 Å². The number of aromatic amines is 1. The van der Waals surface area contributed by atoms with Crippen LogP contribution in [0.1, 0.15) is 36.0 Å². The molecule has 0 aliphatic heterocycles. The monoisotopic (exact) mass is 193 g/mol. The summed E-state index contributed by atoms with van der Waals surface area (Å²) in [6, 6.07) is 2.05. The Balaban J connectivity index is 1.98. The number of hydrogen-bond acceptors (Lipinski definition) is 2. The molecule has 14 heavy (non-hydrogen) atoms. The minimum atomic E-state index is -0.0596. The van der Waals surface area contributed by atoms with E-state index in [1.165, 1.54) is 12.8 Å². The highest BCUT2D eigenvalue weighted by atomic mass is 16.1. The Labute approximate surface area is 82.9 Å². The van der Waals surface area contributed by atoms with Crippen molar-refractivity contribution in [3.8, 4) is 0 Å². The predicted molar refractivity (Wildman–Crippen MR) is 54.9 cm³/mol. The Kier molecular flexibility index (Phi) is 2.43. The number of hydrogen-bond donors (Lipinski definition) is 3. The lowest BCUT2D eigenvalue weighted by Crippen LogP contribution is -2.32. The lowest BCUT2D eigenvalue weighted by molar-refractivity contribution is 0.0939. The Hall–Kier alpha value is -1.45. The third kappa shape index (κ3) is 1.73. The predicted octanol–water partition coefficient (Wildman–Crippen LogP) is 1.27. The SMILES string of the molecule is Nc1[nH]ccc1C(=O)NC1CCCC1. The first-order valence-electron chi connectivity index (χ1n) is 5.01. The van der Waals surface area contributed by atoms with Gasteiger partial charge >= 0.3 is 0 Å². The number of H-pyrrole nitrogens is 1. The summed E-state index contributed by atoms with van der Waals surface area (Å²) in [5, 5.41) is 2.98. The number of nitrogen functional groups attached to an aromatic ring is 1.